The molecule has 2 aromatic rings. The van der Waals surface area contributed by atoms with Gasteiger partial charge in [0.2, 0.25) is 5.91 Å². The lowest BCUT2D eigenvalue weighted by Gasteiger charge is -2.34. The number of hydrogen-bond donors (Lipinski definition) is 1. The van der Waals surface area contributed by atoms with Gasteiger partial charge in [-0.25, -0.2) is 4.79 Å². The maximum Gasteiger partial charge on any atom is 0.317 e. The van der Waals surface area contributed by atoms with Crippen molar-refractivity contribution in [3.8, 4) is 0 Å². The van der Waals surface area contributed by atoms with Crippen LogP contribution in [0.4, 0.5) is 4.79 Å². The molecule has 0 radical (unpaired) electrons. The van der Waals surface area contributed by atoms with Gasteiger partial charge < -0.3 is 15.1 Å². The molecule has 3 rings (SSSR count). The number of urea groups is 1. The first-order valence-corrected chi connectivity index (χ1v) is 11.5. The fourth-order valence-electron chi connectivity index (χ4n) is 3.32. The summed E-state index contributed by atoms with van der Waals surface area (Å²) in [6.45, 7) is 7.09. The van der Waals surface area contributed by atoms with Crippen LogP contribution in [0.2, 0.25) is 0 Å². The Kier molecular flexibility index (Phi) is 8.09. The Labute approximate surface area is 184 Å². The minimum atomic E-state index is -0.160. The van der Waals surface area contributed by atoms with Gasteiger partial charge in [0.15, 0.2) is 0 Å². The second-order valence-electron chi connectivity index (χ2n) is 7.02. The van der Waals surface area contributed by atoms with Crippen LogP contribution < -0.4 is 5.32 Å². The Morgan fingerprint density at radius 1 is 1.10 bits per heavy atom. The summed E-state index contributed by atoms with van der Waals surface area (Å²) in [6.07, 6.45) is 0. The van der Waals surface area contributed by atoms with Crippen molar-refractivity contribution in [2.24, 2.45) is 0 Å². The molecule has 29 heavy (non-hydrogen) atoms. The van der Waals surface area contributed by atoms with E-state index in [-0.39, 0.29) is 18.5 Å². The molecule has 0 saturated carbocycles. The molecule has 6 nitrogen and oxygen atoms in total. The van der Waals surface area contributed by atoms with Crippen LogP contribution in [0.25, 0.3) is 0 Å². The van der Waals surface area contributed by atoms with Gasteiger partial charge in [-0.15, -0.1) is 11.3 Å². The van der Waals surface area contributed by atoms with E-state index in [9.17, 15) is 9.59 Å². The summed E-state index contributed by atoms with van der Waals surface area (Å²) in [6, 6.07) is 13.9. The molecule has 3 amide bonds. The standard InChI is InChI=1S/C21H27BrN4O2S/c1-2-25(15-17-6-4-3-5-7-17)20(27)14-23-21(28)26-12-10-24(11-13-26)16-18-8-9-19(22)29-18/h3-9H,2,10-16H2,1H3,(H,23,28). The Bertz CT molecular complexity index is 806. The monoisotopic (exact) mass is 478 g/mol. The van der Waals surface area contributed by atoms with Crippen LogP contribution in [0.15, 0.2) is 46.3 Å². The first-order chi connectivity index (χ1) is 14.0. The van der Waals surface area contributed by atoms with E-state index in [1.807, 2.05) is 37.3 Å². The predicted molar refractivity (Wildman–Crippen MR) is 120 cm³/mol. The van der Waals surface area contributed by atoms with Crippen LogP contribution in [-0.4, -0.2) is 65.9 Å². The molecule has 1 fully saturated rings. The highest BCUT2D eigenvalue weighted by Gasteiger charge is 2.22. The van der Waals surface area contributed by atoms with Gasteiger partial charge in [0.1, 0.15) is 0 Å². The molecule has 0 bridgehead atoms. The number of amides is 3. The Morgan fingerprint density at radius 2 is 1.83 bits per heavy atom. The molecule has 0 spiro atoms. The summed E-state index contributed by atoms with van der Waals surface area (Å²) in [5.41, 5.74) is 1.09. The maximum atomic E-state index is 12.5. The molecule has 1 N–H and O–H groups in total. The molecule has 2 heterocycles. The number of benzene rings is 1. The van der Waals surface area contributed by atoms with Crippen molar-refractivity contribution in [3.63, 3.8) is 0 Å². The van der Waals surface area contributed by atoms with E-state index in [1.165, 1.54) is 4.88 Å². The number of piperazine rings is 1. The molecule has 1 saturated heterocycles. The van der Waals surface area contributed by atoms with E-state index in [1.54, 1.807) is 21.1 Å². The number of likely N-dealkylation sites (N-methyl/N-ethyl adjacent to an activating group) is 1. The highest BCUT2D eigenvalue weighted by Crippen LogP contribution is 2.23. The lowest BCUT2D eigenvalue weighted by atomic mass is 10.2. The molecular weight excluding hydrogens is 452 g/mol. The van der Waals surface area contributed by atoms with E-state index in [0.29, 0.717) is 26.2 Å². The van der Waals surface area contributed by atoms with E-state index >= 15 is 0 Å². The molecular formula is C21H27BrN4O2S. The Balaban J connectivity index is 1.40. The van der Waals surface area contributed by atoms with Crippen LogP contribution in [0.1, 0.15) is 17.4 Å². The summed E-state index contributed by atoms with van der Waals surface area (Å²) in [7, 11) is 0. The highest BCUT2D eigenvalue weighted by molar-refractivity contribution is 9.11. The summed E-state index contributed by atoms with van der Waals surface area (Å²) in [5.74, 6) is -0.0633. The van der Waals surface area contributed by atoms with Crippen LogP contribution in [0.3, 0.4) is 0 Å². The van der Waals surface area contributed by atoms with Gasteiger partial charge in [0, 0.05) is 50.7 Å². The summed E-state index contributed by atoms with van der Waals surface area (Å²) in [5, 5.41) is 2.79. The SMILES string of the molecule is CCN(Cc1ccccc1)C(=O)CNC(=O)N1CCN(Cc2ccc(Br)s2)CC1. The zero-order valence-corrected chi connectivity index (χ0v) is 19.0. The van der Waals surface area contributed by atoms with E-state index in [4.69, 9.17) is 0 Å². The average Bonchev–Trinajstić information content (AvgIpc) is 3.15. The normalized spacial score (nSPS) is 14.6. The third kappa shape index (κ3) is 6.55. The van der Waals surface area contributed by atoms with E-state index in [2.05, 4.69) is 38.3 Å². The third-order valence-corrected chi connectivity index (χ3v) is 6.62. The van der Waals surface area contributed by atoms with Gasteiger partial charge in [0.05, 0.1) is 10.3 Å². The first-order valence-electron chi connectivity index (χ1n) is 9.86. The number of nitrogens with one attached hydrogen (secondary N) is 1. The van der Waals surface area contributed by atoms with Crippen molar-refractivity contribution in [1.29, 1.82) is 0 Å². The Hall–Kier alpha value is -1.90. The summed E-state index contributed by atoms with van der Waals surface area (Å²) < 4.78 is 1.14. The number of carbonyl (C=O) groups is 2. The molecule has 0 atom stereocenters. The van der Waals surface area contributed by atoms with Gasteiger partial charge in [-0.1, -0.05) is 30.3 Å². The average molecular weight is 479 g/mol. The van der Waals surface area contributed by atoms with Crippen molar-refractivity contribution in [1.82, 2.24) is 20.0 Å². The van der Waals surface area contributed by atoms with Crippen molar-refractivity contribution in [2.75, 3.05) is 39.3 Å². The fourth-order valence-corrected chi connectivity index (χ4v) is 4.85. The number of hydrogen-bond acceptors (Lipinski definition) is 4. The quantitative estimate of drug-likeness (QED) is 0.663. The highest BCUT2D eigenvalue weighted by atomic mass is 79.9. The van der Waals surface area contributed by atoms with E-state index < -0.39 is 0 Å². The smallest absolute Gasteiger partial charge is 0.317 e. The second-order valence-corrected chi connectivity index (χ2v) is 9.57. The van der Waals surface area contributed by atoms with E-state index in [0.717, 1.165) is 29.0 Å². The molecule has 1 aromatic heterocycles. The zero-order chi connectivity index (χ0) is 20.6. The molecule has 156 valence electrons. The molecule has 8 heteroatoms. The number of carbonyl (C=O) groups excluding carboxylic acids is 2. The minimum Gasteiger partial charge on any atom is -0.337 e. The number of halogens is 1. The summed E-state index contributed by atoms with van der Waals surface area (Å²) >= 11 is 5.24. The molecule has 1 aliphatic heterocycles. The van der Waals surface area contributed by atoms with Gasteiger partial charge >= 0.3 is 6.03 Å². The molecule has 0 unspecified atom stereocenters. The van der Waals surface area contributed by atoms with Gasteiger partial charge in [-0.3, -0.25) is 9.69 Å². The van der Waals surface area contributed by atoms with Gasteiger partial charge in [-0.05, 0) is 40.5 Å². The van der Waals surface area contributed by atoms with Crippen LogP contribution in [-0.2, 0) is 17.9 Å². The molecule has 1 aliphatic rings. The molecule has 1 aromatic carbocycles. The number of thiophene rings is 1. The second kappa shape index (κ2) is 10.8. The van der Waals surface area contributed by atoms with Crippen LogP contribution in [0.5, 0.6) is 0 Å². The van der Waals surface area contributed by atoms with Gasteiger partial charge in [-0.2, -0.15) is 0 Å². The van der Waals surface area contributed by atoms with Crippen molar-refractivity contribution >= 4 is 39.2 Å². The third-order valence-electron chi connectivity index (χ3n) is 5.01. The summed E-state index contributed by atoms with van der Waals surface area (Å²) in [4.78, 5) is 32.2. The largest absolute Gasteiger partial charge is 0.337 e. The maximum absolute atomic E-state index is 12.5. The fraction of sp³-hybridized carbons (Fsp3) is 0.429. The molecule has 0 aliphatic carbocycles. The zero-order valence-electron chi connectivity index (χ0n) is 16.6. The number of nitrogens with zero attached hydrogens (tertiary/aromatic N) is 3. The number of rotatable bonds is 7. The van der Waals surface area contributed by atoms with Gasteiger partial charge in [0.25, 0.3) is 0 Å². The van der Waals surface area contributed by atoms with Crippen LogP contribution >= 0.6 is 27.3 Å². The lowest BCUT2D eigenvalue weighted by Crippen LogP contribution is -2.52. The first kappa shape index (κ1) is 21.8. The van der Waals surface area contributed by atoms with Crippen molar-refractivity contribution in [3.05, 3.63) is 56.7 Å². The van der Waals surface area contributed by atoms with Crippen LogP contribution in [0, 0.1) is 0 Å². The Morgan fingerprint density at radius 3 is 2.45 bits per heavy atom. The predicted octanol–water partition coefficient (Wildman–Crippen LogP) is 3.39. The topological polar surface area (TPSA) is 55.9 Å². The minimum absolute atomic E-state index is 0.0307. The lowest BCUT2D eigenvalue weighted by molar-refractivity contribution is -0.130. The van der Waals surface area contributed by atoms with Crippen molar-refractivity contribution in [2.45, 2.75) is 20.0 Å². The van der Waals surface area contributed by atoms with Crippen molar-refractivity contribution < 1.29 is 9.59 Å².